The molecule has 2 atom stereocenters. The number of nitrogens with zero attached hydrogens (tertiary/aromatic N) is 2. The predicted octanol–water partition coefficient (Wildman–Crippen LogP) is 2.88. The molecule has 0 radical (unpaired) electrons. The lowest BCUT2D eigenvalue weighted by Crippen LogP contribution is -2.43. The van der Waals surface area contributed by atoms with Crippen LogP contribution >= 0.6 is 0 Å². The topological polar surface area (TPSA) is 40.6 Å². The molecular formula is C22H23FN2O2. The minimum atomic E-state index is -0.341. The third-order valence-electron chi connectivity index (χ3n) is 5.69. The predicted molar refractivity (Wildman–Crippen MR) is 100 cm³/mol. The summed E-state index contributed by atoms with van der Waals surface area (Å²) in [5, 5.41) is 0. The highest BCUT2D eigenvalue weighted by atomic mass is 19.1. The van der Waals surface area contributed by atoms with Crippen LogP contribution < -0.4 is 0 Å². The highest BCUT2D eigenvalue weighted by Gasteiger charge is 2.41. The first-order chi connectivity index (χ1) is 13.1. The van der Waals surface area contributed by atoms with Gasteiger partial charge in [-0.05, 0) is 29.0 Å². The van der Waals surface area contributed by atoms with Crippen LogP contribution in [0.2, 0.25) is 0 Å². The van der Waals surface area contributed by atoms with Crippen LogP contribution in [0.25, 0.3) is 0 Å². The van der Waals surface area contributed by atoms with Crippen molar-refractivity contribution in [1.82, 2.24) is 9.80 Å². The standard InChI is InChI=1S/C22H23FN2O2/c23-20-9-5-4-8-17(20)10-21(26)25-13-18-11-22(27)24(14-19(18)15-25)12-16-6-2-1-3-7-16/h1-9,18-19H,10-15H2/t18-,19+/m0/s1. The Kier molecular flexibility index (Phi) is 4.92. The molecule has 0 aromatic heterocycles. The summed E-state index contributed by atoms with van der Waals surface area (Å²) in [6.45, 7) is 2.55. The second-order valence-corrected chi connectivity index (χ2v) is 7.55. The molecule has 27 heavy (non-hydrogen) atoms. The zero-order valence-corrected chi connectivity index (χ0v) is 15.2. The highest BCUT2D eigenvalue weighted by Crippen LogP contribution is 2.32. The fourth-order valence-corrected chi connectivity index (χ4v) is 4.19. The van der Waals surface area contributed by atoms with Gasteiger partial charge in [-0.25, -0.2) is 4.39 Å². The van der Waals surface area contributed by atoms with Gasteiger partial charge in [0.05, 0.1) is 6.42 Å². The summed E-state index contributed by atoms with van der Waals surface area (Å²) < 4.78 is 13.8. The van der Waals surface area contributed by atoms with Gasteiger partial charge in [-0.2, -0.15) is 0 Å². The fraction of sp³-hybridized carbons (Fsp3) is 0.364. The van der Waals surface area contributed by atoms with Crippen LogP contribution in [-0.2, 0) is 22.6 Å². The van der Waals surface area contributed by atoms with Crippen LogP contribution in [-0.4, -0.2) is 41.2 Å². The van der Waals surface area contributed by atoms with E-state index in [0.717, 1.165) is 5.56 Å². The number of carbonyl (C=O) groups excluding carboxylic acids is 2. The van der Waals surface area contributed by atoms with Gasteiger partial charge in [0.1, 0.15) is 5.82 Å². The van der Waals surface area contributed by atoms with Crippen LogP contribution in [0.5, 0.6) is 0 Å². The first-order valence-electron chi connectivity index (χ1n) is 9.43. The normalized spacial score (nSPS) is 22.0. The molecule has 2 amide bonds. The summed E-state index contributed by atoms with van der Waals surface area (Å²) in [6.07, 6.45) is 0.564. The molecule has 0 spiro atoms. The molecule has 2 saturated heterocycles. The number of rotatable bonds is 4. The third kappa shape index (κ3) is 3.87. The number of fused-ring (bicyclic) bond motifs is 1. The molecule has 5 heteroatoms. The van der Waals surface area contributed by atoms with Gasteiger partial charge in [0.15, 0.2) is 0 Å². The number of likely N-dealkylation sites (tertiary alicyclic amines) is 2. The molecule has 2 aromatic rings. The second kappa shape index (κ2) is 7.51. The number of piperidine rings is 1. The van der Waals surface area contributed by atoms with Gasteiger partial charge < -0.3 is 9.80 Å². The molecule has 2 fully saturated rings. The fourth-order valence-electron chi connectivity index (χ4n) is 4.19. The van der Waals surface area contributed by atoms with Crippen molar-refractivity contribution in [3.8, 4) is 0 Å². The van der Waals surface area contributed by atoms with Gasteiger partial charge in [0.25, 0.3) is 0 Å². The van der Waals surface area contributed by atoms with Crippen LogP contribution in [0.4, 0.5) is 4.39 Å². The second-order valence-electron chi connectivity index (χ2n) is 7.55. The number of hydrogen-bond donors (Lipinski definition) is 0. The number of carbonyl (C=O) groups is 2. The smallest absolute Gasteiger partial charge is 0.227 e. The van der Waals surface area contributed by atoms with E-state index in [-0.39, 0.29) is 30.0 Å². The minimum Gasteiger partial charge on any atom is -0.342 e. The maximum absolute atomic E-state index is 13.8. The van der Waals surface area contributed by atoms with Gasteiger partial charge in [-0.3, -0.25) is 9.59 Å². The molecule has 2 aromatic carbocycles. The van der Waals surface area contributed by atoms with Gasteiger partial charge in [0, 0.05) is 32.6 Å². The summed E-state index contributed by atoms with van der Waals surface area (Å²) in [4.78, 5) is 28.9. The molecule has 0 bridgehead atoms. The van der Waals surface area contributed by atoms with E-state index in [2.05, 4.69) is 0 Å². The van der Waals surface area contributed by atoms with Crippen molar-refractivity contribution in [3.63, 3.8) is 0 Å². The first-order valence-corrected chi connectivity index (χ1v) is 9.43. The maximum Gasteiger partial charge on any atom is 0.227 e. The molecule has 2 aliphatic heterocycles. The van der Waals surface area contributed by atoms with Gasteiger partial charge in [-0.15, -0.1) is 0 Å². The Morgan fingerprint density at radius 1 is 0.963 bits per heavy atom. The van der Waals surface area contributed by atoms with E-state index in [9.17, 15) is 14.0 Å². The largest absolute Gasteiger partial charge is 0.342 e. The van der Waals surface area contributed by atoms with Gasteiger partial charge in [-0.1, -0.05) is 48.5 Å². The molecule has 0 unspecified atom stereocenters. The Morgan fingerprint density at radius 2 is 1.67 bits per heavy atom. The zero-order valence-electron chi connectivity index (χ0n) is 15.2. The maximum atomic E-state index is 13.8. The lowest BCUT2D eigenvalue weighted by molar-refractivity contribution is -0.137. The van der Waals surface area contributed by atoms with Crippen LogP contribution in [0.3, 0.4) is 0 Å². The Balaban J connectivity index is 1.39. The molecule has 4 nitrogen and oxygen atoms in total. The number of amides is 2. The molecule has 140 valence electrons. The van der Waals surface area contributed by atoms with E-state index in [0.29, 0.717) is 44.1 Å². The van der Waals surface area contributed by atoms with E-state index >= 15 is 0 Å². The first kappa shape index (κ1) is 17.7. The van der Waals surface area contributed by atoms with Crippen molar-refractivity contribution < 1.29 is 14.0 Å². The molecule has 4 rings (SSSR count). The molecule has 0 aliphatic carbocycles. The molecule has 0 saturated carbocycles. The molecule has 2 aliphatic rings. The molecule has 2 heterocycles. The Morgan fingerprint density at radius 3 is 2.44 bits per heavy atom. The van der Waals surface area contributed by atoms with E-state index in [1.54, 1.807) is 23.1 Å². The van der Waals surface area contributed by atoms with Crippen molar-refractivity contribution in [2.75, 3.05) is 19.6 Å². The average Bonchev–Trinajstić information content (AvgIpc) is 3.07. The zero-order chi connectivity index (χ0) is 18.8. The Hall–Kier alpha value is -2.69. The van der Waals surface area contributed by atoms with E-state index < -0.39 is 0 Å². The summed E-state index contributed by atoms with van der Waals surface area (Å²) in [5.74, 6) is 0.275. The van der Waals surface area contributed by atoms with Crippen molar-refractivity contribution in [2.45, 2.75) is 19.4 Å². The molecule has 0 N–H and O–H groups in total. The highest BCUT2D eigenvalue weighted by molar-refractivity contribution is 5.80. The Labute approximate surface area is 158 Å². The number of benzene rings is 2. The summed E-state index contributed by atoms with van der Waals surface area (Å²) >= 11 is 0. The van der Waals surface area contributed by atoms with Crippen molar-refractivity contribution >= 4 is 11.8 Å². The lowest BCUT2D eigenvalue weighted by atomic mass is 9.88. The SMILES string of the molecule is O=C1C[C@H]2CN(C(=O)Cc3ccccc3F)C[C@H]2CN1Cc1ccccc1. The minimum absolute atomic E-state index is 0.0587. The summed E-state index contributed by atoms with van der Waals surface area (Å²) in [5.41, 5.74) is 1.55. The molecular weight excluding hydrogens is 343 g/mol. The van der Waals surface area contributed by atoms with Crippen LogP contribution in [0.15, 0.2) is 54.6 Å². The van der Waals surface area contributed by atoms with Crippen LogP contribution in [0, 0.1) is 17.7 Å². The summed E-state index contributed by atoms with van der Waals surface area (Å²) in [6, 6.07) is 16.4. The van der Waals surface area contributed by atoms with Crippen molar-refractivity contribution in [1.29, 1.82) is 0 Å². The third-order valence-corrected chi connectivity index (χ3v) is 5.69. The summed E-state index contributed by atoms with van der Waals surface area (Å²) in [7, 11) is 0. The average molecular weight is 366 g/mol. The monoisotopic (exact) mass is 366 g/mol. The van der Waals surface area contributed by atoms with E-state index in [1.165, 1.54) is 6.07 Å². The number of hydrogen-bond acceptors (Lipinski definition) is 2. The van der Waals surface area contributed by atoms with E-state index in [4.69, 9.17) is 0 Å². The quantitative estimate of drug-likeness (QED) is 0.835. The van der Waals surface area contributed by atoms with Crippen LogP contribution in [0.1, 0.15) is 17.5 Å². The Bertz CT molecular complexity index is 839. The van der Waals surface area contributed by atoms with Gasteiger partial charge >= 0.3 is 0 Å². The van der Waals surface area contributed by atoms with Gasteiger partial charge in [0.2, 0.25) is 11.8 Å². The van der Waals surface area contributed by atoms with Crippen molar-refractivity contribution in [3.05, 3.63) is 71.5 Å². The van der Waals surface area contributed by atoms with Crippen molar-refractivity contribution in [2.24, 2.45) is 11.8 Å². The number of halogens is 1. The van der Waals surface area contributed by atoms with E-state index in [1.807, 2.05) is 35.2 Å². The lowest BCUT2D eigenvalue weighted by Gasteiger charge is -2.34.